The lowest BCUT2D eigenvalue weighted by atomic mass is 10.1. The predicted molar refractivity (Wildman–Crippen MR) is 64.4 cm³/mol. The summed E-state index contributed by atoms with van der Waals surface area (Å²) >= 11 is 0. The van der Waals surface area contributed by atoms with Crippen LogP contribution in [-0.4, -0.2) is 32.2 Å². The molecule has 0 spiro atoms. The van der Waals surface area contributed by atoms with Gasteiger partial charge >= 0.3 is 6.18 Å². The van der Waals surface area contributed by atoms with Crippen molar-refractivity contribution >= 4 is 0 Å². The molecule has 0 N–H and O–H groups in total. The molecule has 0 aliphatic carbocycles. The van der Waals surface area contributed by atoms with Crippen molar-refractivity contribution in [1.82, 2.24) is 4.90 Å². The van der Waals surface area contributed by atoms with Crippen LogP contribution in [0.1, 0.15) is 16.7 Å². The van der Waals surface area contributed by atoms with E-state index in [0.29, 0.717) is 30.8 Å². The van der Waals surface area contributed by atoms with Crippen molar-refractivity contribution < 1.29 is 17.9 Å². The highest BCUT2D eigenvalue weighted by molar-refractivity contribution is 5.31. The fourth-order valence-electron chi connectivity index (χ4n) is 1.76. The number of halogens is 3. The first kappa shape index (κ1) is 15.0. The molecule has 1 aromatic rings. The van der Waals surface area contributed by atoms with Crippen molar-refractivity contribution in [2.75, 3.05) is 27.3 Å². The summed E-state index contributed by atoms with van der Waals surface area (Å²) in [5, 5.41) is 0. The predicted octanol–water partition coefficient (Wildman–Crippen LogP) is 3.09. The highest BCUT2D eigenvalue weighted by Crippen LogP contribution is 2.30. The molecule has 0 aromatic heterocycles. The van der Waals surface area contributed by atoms with Gasteiger partial charge in [0.05, 0.1) is 12.2 Å². The zero-order valence-corrected chi connectivity index (χ0v) is 10.8. The number of hydrogen-bond donors (Lipinski definition) is 0. The molecule has 1 aromatic carbocycles. The summed E-state index contributed by atoms with van der Waals surface area (Å²) in [4.78, 5) is 1.93. The summed E-state index contributed by atoms with van der Waals surface area (Å²) < 4.78 is 42.9. The van der Waals surface area contributed by atoms with Crippen LogP contribution in [0.4, 0.5) is 13.2 Å². The minimum absolute atomic E-state index is 0.480. The Hall–Kier alpha value is -1.07. The van der Waals surface area contributed by atoms with Crippen molar-refractivity contribution in [3.8, 4) is 0 Å². The standard InChI is InChI=1S/C13H18F3NO/c1-10-6-11(9-17(2)4-5-18-3)8-12(7-10)13(14,15)16/h6-8H,4-5,9H2,1-3H3. The van der Waals surface area contributed by atoms with Gasteiger partial charge in [0.25, 0.3) is 0 Å². The molecule has 0 amide bonds. The molecule has 0 fully saturated rings. The molecular formula is C13H18F3NO. The van der Waals surface area contributed by atoms with Gasteiger partial charge in [-0.25, -0.2) is 0 Å². The second-order valence-electron chi connectivity index (χ2n) is 4.44. The molecule has 5 heteroatoms. The quantitative estimate of drug-likeness (QED) is 0.807. The van der Waals surface area contributed by atoms with Crippen molar-refractivity contribution in [3.63, 3.8) is 0 Å². The van der Waals surface area contributed by atoms with Crippen molar-refractivity contribution in [2.45, 2.75) is 19.6 Å². The van der Waals surface area contributed by atoms with Crippen LogP contribution in [0, 0.1) is 6.92 Å². The van der Waals surface area contributed by atoms with Gasteiger partial charge in [-0.15, -0.1) is 0 Å². The lowest BCUT2D eigenvalue weighted by molar-refractivity contribution is -0.137. The van der Waals surface area contributed by atoms with E-state index in [1.54, 1.807) is 20.1 Å². The third-order valence-corrected chi connectivity index (χ3v) is 2.59. The van der Waals surface area contributed by atoms with E-state index >= 15 is 0 Å². The topological polar surface area (TPSA) is 12.5 Å². The molecule has 1 rings (SSSR count). The summed E-state index contributed by atoms with van der Waals surface area (Å²) in [5.74, 6) is 0. The Kier molecular flexibility index (Phi) is 5.16. The van der Waals surface area contributed by atoms with E-state index in [0.717, 1.165) is 0 Å². The molecule has 0 saturated heterocycles. The fraction of sp³-hybridized carbons (Fsp3) is 0.538. The van der Waals surface area contributed by atoms with Gasteiger partial charge in [0.15, 0.2) is 0 Å². The van der Waals surface area contributed by atoms with Crippen LogP contribution >= 0.6 is 0 Å². The summed E-state index contributed by atoms with van der Waals surface area (Å²) in [6.07, 6.45) is -4.29. The smallest absolute Gasteiger partial charge is 0.383 e. The summed E-state index contributed by atoms with van der Waals surface area (Å²) in [6.45, 7) is 3.41. The molecule has 102 valence electrons. The van der Waals surface area contributed by atoms with Crippen LogP contribution in [0.3, 0.4) is 0 Å². The molecular weight excluding hydrogens is 243 g/mol. The van der Waals surface area contributed by atoms with Gasteiger partial charge in [-0.2, -0.15) is 13.2 Å². The first-order valence-corrected chi connectivity index (χ1v) is 5.68. The molecule has 0 saturated carbocycles. The number of ether oxygens (including phenoxy) is 1. The Morgan fingerprint density at radius 3 is 2.44 bits per heavy atom. The number of likely N-dealkylation sites (N-methyl/N-ethyl adjacent to an activating group) is 1. The summed E-state index contributed by atoms with van der Waals surface area (Å²) in [7, 11) is 3.46. The first-order chi connectivity index (χ1) is 8.32. The van der Waals surface area contributed by atoms with E-state index in [4.69, 9.17) is 4.74 Å². The third kappa shape index (κ3) is 4.66. The van der Waals surface area contributed by atoms with Gasteiger partial charge in [0, 0.05) is 20.2 Å². The molecule has 0 atom stereocenters. The zero-order chi connectivity index (χ0) is 13.8. The minimum Gasteiger partial charge on any atom is -0.383 e. The number of alkyl halides is 3. The maximum atomic E-state index is 12.7. The van der Waals surface area contributed by atoms with E-state index in [1.807, 2.05) is 11.9 Å². The SMILES string of the molecule is COCCN(C)Cc1cc(C)cc(C(F)(F)F)c1. The number of benzene rings is 1. The Morgan fingerprint density at radius 1 is 1.22 bits per heavy atom. The van der Waals surface area contributed by atoms with E-state index < -0.39 is 11.7 Å². The second-order valence-corrected chi connectivity index (χ2v) is 4.44. The zero-order valence-electron chi connectivity index (χ0n) is 10.8. The van der Waals surface area contributed by atoms with Crippen LogP contribution in [-0.2, 0) is 17.5 Å². The number of nitrogens with zero attached hydrogens (tertiary/aromatic N) is 1. The third-order valence-electron chi connectivity index (χ3n) is 2.59. The maximum Gasteiger partial charge on any atom is 0.416 e. The molecule has 2 nitrogen and oxygen atoms in total. The lowest BCUT2D eigenvalue weighted by Gasteiger charge is -2.17. The van der Waals surface area contributed by atoms with E-state index in [9.17, 15) is 13.2 Å². The molecule has 18 heavy (non-hydrogen) atoms. The lowest BCUT2D eigenvalue weighted by Crippen LogP contribution is -2.22. The van der Waals surface area contributed by atoms with Crippen LogP contribution in [0.25, 0.3) is 0 Å². The highest BCUT2D eigenvalue weighted by Gasteiger charge is 2.30. The molecule has 0 aliphatic heterocycles. The van der Waals surface area contributed by atoms with Crippen molar-refractivity contribution in [1.29, 1.82) is 0 Å². The largest absolute Gasteiger partial charge is 0.416 e. The summed E-state index contributed by atoms with van der Waals surface area (Å²) in [5.41, 5.74) is 0.707. The monoisotopic (exact) mass is 261 g/mol. The van der Waals surface area contributed by atoms with E-state index in [1.165, 1.54) is 12.1 Å². The first-order valence-electron chi connectivity index (χ1n) is 5.68. The molecule has 0 heterocycles. The van der Waals surface area contributed by atoms with E-state index in [2.05, 4.69) is 0 Å². The van der Waals surface area contributed by atoms with Crippen molar-refractivity contribution in [3.05, 3.63) is 34.9 Å². The highest BCUT2D eigenvalue weighted by atomic mass is 19.4. The van der Waals surface area contributed by atoms with Gasteiger partial charge in [0.1, 0.15) is 0 Å². The average molecular weight is 261 g/mol. The molecule has 0 aliphatic rings. The normalized spacial score (nSPS) is 12.2. The number of rotatable bonds is 5. The Bertz CT molecular complexity index is 390. The number of hydrogen-bond acceptors (Lipinski definition) is 2. The van der Waals surface area contributed by atoms with Gasteiger partial charge in [0.2, 0.25) is 0 Å². The van der Waals surface area contributed by atoms with E-state index in [-0.39, 0.29) is 0 Å². The Balaban J connectivity index is 2.80. The number of methoxy groups -OCH3 is 1. The average Bonchev–Trinajstić information content (AvgIpc) is 2.24. The minimum atomic E-state index is -4.29. The van der Waals surface area contributed by atoms with Crippen LogP contribution < -0.4 is 0 Å². The Morgan fingerprint density at radius 2 is 1.89 bits per heavy atom. The van der Waals surface area contributed by atoms with Gasteiger partial charge < -0.3 is 4.74 Å². The Labute approximate surface area is 105 Å². The van der Waals surface area contributed by atoms with Crippen LogP contribution in [0.2, 0.25) is 0 Å². The van der Waals surface area contributed by atoms with Crippen LogP contribution in [0.5, 0.6) is 0 Å². The number of aryl methyl sites for hydroxylation is 1. The van der Waals surface area contributed by atoms with Crippen LogP contribution in [0.15, 0.2) is 18.2 Å². The van der Waals surface area contributed by atoms with Crippen molar-refractivity contribution in [2.24, 2.45) is 0 Å². The second kappa shape index (κ2) is 6.20. The maximum absolute atomic E-state index is 12.7. The van der Waals surface area contributed by atoms with Gasteiger partial charge in [-0.3, -0.25) is 4.90 Å². The molecule has 0 bridgehead atoms. The van der Waals surface area contributed by atoms with Gasteiger partial charge in [-0.05, 0) is 31.7 Å². The molecule has 0 unspecified atom stereocenters. The van der Waals surface area contributed by atoms with Gasteiger partial charge in [-0.1, -0.05) is 11.6 Å². The summed E-state index contributed by atoms with van der Waals surface area (Å²) in [6, 6.07) is 4.15. The fourth-order valence-corrected chi connectivity index (χ4v) is 1.76. The molecule has 0 radical (unpaired) electrons.